The van der Waals surface area contributed by atoms with E-state index in [-0.39, 0.29) is 0 Å². The van der Waals surface area contributed by atoms with E-state index in [1.54, 1.807) is 0 Å². The Morgan fingerprint density at radius 2 is 2.16 bits per heavy atom. The van der Waals surface area contributed by atoms with Crippen molar-refractivity contribution in [3.63, 3.8) is 0 Å². The van der Waals surface area contributed by atoms with Gasteiger partial charge in [-0.1, -0.05) is 31.5 Å². The van der Waals surface area contributed by atoms with Gasteiger partial charge in [-0.3, -0.25) is 4.68 Å². The normalized spacial score (nSPS) is 10.9. The lowest BCUT2D eigenvalue weighted by Crippen LogP contribution is -2.12. The lowest BCUT2D eigenvalue weighted by atomic mass is 10.0. The summed E-state index contributed by atoms with van der Waals surface area (Å²) in [6.07, 6.45) is 5.09. The molecule has 102 valence electrons. The van der Waals surface area contributed by atoms with Crippen LogP contribution < -0.4 is 5.32 Å². The van der Waals surface area contributed by atoms with Gasteiger partial charge in [0.05, 0.1) is 6.20 Å². The molecule has 0 aliphatic carbocycles. The molecule has 0 fully saturated rings. The van der Waals surface area contributed by atoms with Gasteiger partial charge in [-0.15, -0.1) is 0 Å². The summed E-state index contributed by atoms with van der Waals surface area (Å²) in [5, 5.41) is 8.50. The highest BCUT2D eigenvalue weighted by Crippen LogP contribution is 2.26. The highest BCUT2D eigenvalue weighted by atomic mass is 35.5. The molecule has 0 amide bonds. The van der Waals surface area contributed by atoms with Gasteiger partial charge in [0.1, 0.15) is 0 Å². The van der Waals surface area contributed by atoms with Crippen molar-refractivity contribution in [1.82, 2.24) is 15.1 Å². The van der Waals surface area contributed by atoms with Crippen LogP contribution in [0.2, 0.25) is 5.02 Å². The zero-order chi connectivity index (χ0) is 13.7. The largest absolute Gasteiger partial charge is 0.313 e. The van der Waals surface area contributed by atoms with Crippen LogP contribution in [0.4, 0.5) is 0 Å². The van der Waals surface area contributed by atoms with Gasteiger partial charge in [0, 0.05) is 29.9 Å². The fraction of sp³-hybridized carbons (Fsp3) is 0.400. The highest BCUT2D eigenvalue weighted by Gasteiger charge is 2.08. The number of hydrogen-bond donors (Lipinski definition) is 1. The molecule has 0 aliphatic rings. The van der Waals surface area contributed by atoms with Crippen LogP contribution in [0.1, 0.15) is 25.8 Å². The maximum absolute atomic E-state index is 6.12. The Bertz CT molecular complexity index is 534. The molecular formula is C15H20ClN3. The Balaban J connectivity index is 2.32. The summed E-state index contributed by atoms with van der Waals surface area (Å²) in [4.78, 5) is 0. The minimum absolute atomic E-state index is 0.762. The number of aryl methyl sites for hydroxylation is 1. The number of nitrogens with zero attached hydrogens (tertiary/aromatic N) is 2. The molecule has 1 heterocycles. The quantitative estimate of drug-likeness (QED) is 0.872. The summed E-state index contributed by atoms with van der Waals surface area (Å²) >= 11 is 6.12. The van der Waals surface area contributed by atoms with E-state index in [1.807, 2.05) is 23.0 Å². The molecule has 0 spiro atoms. The van der Waals surface area contributed by atoms with E-state index < -0.39 is 0 Å². The molecule has 0 saturated heterocycles. The van der Waals surface area contributed by atoms with E-state index in [9.17, 15) is 0 Å². The lowest BCUT2D eigenvalue weighted by Gasteiger charge is -2.09. The van der Waals surface area contributed by atoms with E-state index in [2.05, 4.69) is 36.5 Å². The first-order valence-electron chi connectivity index (χ1n) is 6.76. The maximum Gasteiger partial charge on any atom is 0.0568 e. The molecule has 4 heteroatoms. The van der Waals surface area contributed by atoms with Crippen LogP contribution in [-0.4, -0.2) is 16.3 Å². The molecule has 19 heavy (non-hydrogen) atoms. The SMILES string of the molecule is CCCn1cc(-c2cc(Cl)ccc2CNCC)cn1. The van der Waals surface area contributed by atoms with Gasteiger partial charge in [0.15, 0.2) is 0 Å². The van der Waals surface area contributed by atoms with Crippen molar-refractivity contribution in [2.45, 2.75) is 33.4 Å². The highest BCUT2D eigenvalue weighted by molar-refractivity contribution is 6.30. The molecule has 0 aliphatic heterocycles. The summed E-state index contributed by atoms with van der Waals surface area (Å²) in [5.74, 6) is 0. The number of aromatic nitrogens is 2. The van der Waals surface area contributed by atoms with E-state index in [1.165, 1.54) is 5.56 Å². The summed E-state index contributed by atoms with van der Waals surface area (Å²) < 4.78 is 1.98. The number of rotatable bonds is 6. The van der Waals surface area contributed by atoms with Gasteiger partial charge in [-0.05, 0) is 36.2 Å². The van der Waals surface area contributed by atoms with Crippen LogP contribution in [-0.2, 0) is 13.1 Å². The zero-order valence-electron chi connectivity index (χ0n) is 11.5. The van der Waals surface area contributed by atoms with Crippen molar-refractivity contribution < 1.29 is 0 Å². The molecule has 2 aromatic rings. The Hall–Kier alpha value is -1.32. The average Bonchev–Trinajstić information content (AvgIpc) is 2.86. The first-order chi connectivity index (χ1) is 9.24. The molecule has 1 aromatic heterocycles. The zero-order valence-corrected chi connectivity index (χ0v) is 12.2. The average molecular weight is 278 g/mol. The summed E-state index contributed by atoms with van der Waals surface area (Å²) in [6.45, 7) is 7.01. The first kappa shape index (κ1) is 14.1. The van der Waals surface area contributed by atoms with Crippen molar-refractivity contribution in [2.24, 2.45) is 0 Å². The monoisotopic (exact) mass is 277 g/mol. The van der Waals surface area contributed by atoms with Crippen LogP contribution in [0.3, 0.4) is 0 Å². The Morgan fingerprint density at radius 3 is 2.89 bits per heavy atom. The maximum atomic E-state index is 6.12. The second kappa shape index (κ2) is 6.73. The minimum Gasteiger partial charge on any atom is -0.313 e. The van der Waals surface area contributed by atoms with E-state index in [4.69, 9.17) is 11.6 Å². The van der Waals surface area contributed by atoms with Crippen molar-refractivity contribution in [1.29, 1.82) is 0 Å². The molecule has 1 N–H and O–H groups in total. The van der Waals surface area contributed by atoms with Crippen LogP contribution in [0.15, 0.2) is 30.6 Å². The topological polar surface area (TPSA) is 29.9 Å². The summed E-state index contributed by atoms with van der Waals surface area (Å²) in [7, 11) is 0. The van der Waals surface area contributed by atoms with Crippen molar-refractivity contribution >= 4 is 11.6 Å². The van der Waals surface area contributed by atoms with Crippen LogP contribution in [0, 0.1) is 0 Å². The number of halogens is 1. The lowest BCUT2D eigenvalue weighted by molar-refractivity contribution is 0.603. The summed E-state index contributed by atoms with van der Waals surface area (Å²) in [6, 6.07) is 6.03. The van der Waals surface area contributed by atoms with Crippen LogP contribution in [0.25, 0.3) is 11.1 Å². The van der Waals surface area contributed by atoms with Crippen molar-refractivity contribution in [3.8, 4) is 11.1 Å². The standard InChI is InChI=1S/C15H20ClN3/c1-3-7-19-11-13(10-18-19)15-8-14(16)6-5-12(15)9-17-4-2/h5-6,8,10-11,17H,3-4,7,9H2,1-2H3. The Morgan fingerprint density at radius 1 is 1.32 bits per heavy atom. The third kappa shape index (κ3) is 3.58. The van der Waals surface area contributed by atoms with Gasteiger partial charge in [-0.25, -0.2) is 0 Å². The number of hydrogen-bond acceptors (Lipinski definition) is 2. The van der Waals surface area contributed by atoms with E-state index in [0.29, 0.717) is 0 Å². The van der Waals surface area contributed by atoms with E-state index >= 15 is 0 Å². The molecule has 3 nitrogen and oxygen atoms in total. The predicted molar refractivity (Wildman–Crippen MR) is 80.3 cm³/mol. The van der Waals surface area contributed by atoms with Gasteiger partial charge in [-0.2, -0.15) is 5.10 Å². The van der Waals surface area contributed by atoms with Gasteiger partial charge in [0.2, 0.25) is 0 Å². The Kier molecular flexibility index (Phi) is 5.00. The molecule has 0 radical (unpaired) electrons. The van der Waals surface area contributed by atoms with Crippen LogP contribution in [0.5, 0.6) is 0 Å². The molecule has 0 atom stereocenters. The fourth-order valence-corrected chi connectivity index (χ4v) is 2.26. The third-order valence-electron chi connectivity index (χ3n) is 3.03. The second-order valence-electron chi connectivity index (χ2n) is 4.57. The smallest absolute Gasteiger partial charge is 0.0568 e. The number of nitrogens with one attached hydrogen (secondary N) is 1. The van der Waals surface area contributed by atoms with Gasteiger partial charge < -0.3 is 5.32 Å². The van der Waals surface area contributed by atoms with Crippen LogP contribution >= 0.6 is 11.6 Å². The second-order valence-corrected chi connectivity index (χ2v) is 5.01. The first-order valence-corrected chi connectivity index (χ1v) is 7.14. The fourth-order valence-electron chi connectivity index (χ4n) is 2.09. The summed E-state index contributed by atoms with van der Waals surface area (Å²) in [5.41, 5.74) is 3.54. The molecular weight excluding hydrogens is 258 g/mol. The number of benzene rings is 1. The van der Waals surface area contributed by atoms with Gasteiger partial charge in [0.25, 0.3) is 0 Å². The molecule has 0 bridgehead atoms. The van der Waals surface area contributed by atoms with Gasteiger partial charge >= 0.3 is 0 Å². The molecule has 2 rings (SSSR count). The molecule has 1 aromatic carbocycles. The van der Waals surface area contributed by atoms with E-state index in [0.717, 1.165) is 42.2 Å². The van der Waals surface area contributed by atoms with Crippen molar-refractivity contribution in [3.05, 3.63) is 41.2 Å². The minimum atomic E-state index is 0.762. The predicted octanol–water partition coefficient (Wildman–Crippen LogP) is 3.72. The molecule has 0 unspecified atom stereocenters. The molecule has 0 saturated carbocycles. The third-order valence-corrected chi connectivity index (χ3v) is 3.27. The Labute approximate surface area is 119 Å². The van der Waals surface area contributed by atoms with Crippen molar-refractivity contribution in [2.75, 3.05) is 6.54 Å².